The van der Waals surface area contributed by atoms with Crippen molar-refractivity contribution < 1.29 is 0 Å². The maximum absolute atomic E-state index is 4.39. The predicted octanol–water partition coefficient (Wildman–Crippen LogP) is 1.16. The number of aromatic nitrogens is 6. The molecule has 0 radical (unpaired) electrons. The Morgan fingerprint density at radius 1 is 1.19 bits per heavy atom. The summed E-state index contributed by atoms with van der Waals surface area (Å²) < 4.78 is 1.79. The van der Waals surface area contributed by atoms with Crippen LogP contribution in [0.25, 0.3) is 17.0 Å². The highest BCUT2D eigenvalue weighted by Gasteiger charge is 2.10. The lowest BCUT2D eigenvalue weighted by Gasteiger charge is -2.02. The van der Waals surface area contributed by atoms with Crippen LogP contribution in [0.15, 0.2) is 18.7 Å². The van der Waals surface area contributed by atoms with Crippen molar-refractivity contribution >= 4 is 11.2 Å². The first-order valence-electron chi connectivity index (χ1n) is 4.93. The van der Waals surface area contributed by atoms with Crippen LogP contribution in [0.3, 0.4) is 0 Å². The first kappa shape index (κ1) is 9.02. The van der Waals surface area contributed by atoms with Gasteiger partial charge in [0.1, 0.15) is 11.8 Å². The molecular weight excluding hydrogens is 204 g/mol. The lowest BCUT2D eigenvalue weighted by atomic mass is 10.4. The van der Waals surface area contributed by atoms with Crippen molar-refractivity contribution in [2.24, 2.45) is 0 Å². The van der Waals surface area contributed by atoms with Crippen LogP contribution in [-0.2, 0) is 0 Å². The molecule has 0 saturated heterocycles. The van der Waals surface area contributed by atoms with Gasteiger partial charge in [0.2, 0.25) is 0 Å². The summed E-state index contributed by atoms with van der Waals surface area (Å²) in [6, 6.07) is 2.00. The summed E-state index contributed by atoms with van der Waals surface area (Å²) in [5.74, 6) is 0.730. The van der Waals surface area contributed by atoms with Gasteiger partial charge in [0.05, 0.1) is 12.0 Å². The van der Waals surface area contributed by atoms with Gasteiger partial charge >= 0.3 is 0 Å². The molecule has 0 aliphatic rings. The van der Waals surface area contributed by atoms with Gasteiger partial charge < -0.3 is 4.98 Å². The Labute approximate surface area is 91.4 Å². The van der Waals surface area contributed by atoms with E-state index in [1.54, 1.807) is 11.0 Å². The average molecular weight is 214 g/mol. The summed E-state index contributed by atoms with van der Waals surface area (Å²) >= 11 is 0. The molecule has 6 heteroatoms. The zero-order valence-corrected chi connectivity index (χ0v) is 8.97. The van der Waals surface area contributed by atoms with E-state index in [2.05, 4.69) is 25.0 Å². The smallest absolute Gasteiger partial charge is 0.182 e. The molecule has 0 aromatic carbocycles. The Balaban J connectivity index is 2.33. The second-order valence-electron chi connectivity index (χ2n) is 3.64. The third-order valence-electron chi connectivity index (χ3n) is 2.41. The Kier molecular flexibility index (Phi) is 1.76. The van der Waals surface area contributed by atoms with Crippen molar-refractivity contribution in [2.75, 3.05) is 0 Å². The van der Waals surface area contributed by atoms with Gasteiger partial charge in [-0.3, -0.25) is 0 Å². The number of rotatable bonds is 1. The van der Waals surface area contributed by atoms with Gasteiger partial charge in [0.15, 0.2) is 11.5 Å². The number of imidazole rings is 1. The van der Waals surface area contributed by atoms with E-state index in [4.69, 9.17) is 0 Å². The minimum Gasteiger partial charge on any atom is -0.340 e. The van der Waals surface area contributed by atoms with E-state index in [9.17, 15) is 0 Å². The molecule has 3 aromatic heterocycles. The van der Waals surface area contributed by atoms with Gasteiger partial charge in [-0.1, -0.05) is 0 Å². The van der Waals surface area contributed by atoms with Crippen LogP contribution in [0.5, 0.6) is 0 Å². The van der Waals surface area contributed by atoms with Crippen molar-refractivity contribution in [3.8, 4) is 5.82 Å². The number of nitrogens with zero attached hydrogens (tertiary/aromatic N) is 5. The van der Waals surface area contributed by atoms with Crippen LogP contribution in [0.4, 0.5) is 0 Å². The SMILES string of the molecule is Cc1cc(C)n(-c2ncnc3nc[nH]c23)n1. The summed E-state index contributed by atoms with van der Waals surface area (Å²) in [5.41, 5.74) is 3.45. The molecular formula is C10H10N6. The molecule has 0 amide bonds. The molecule has 0 aliphatic heterocycles. The Morgan fingerprint density at radius 2 is 2.06 bits per heavy atom. The van der Waals surface area contributed by atoms with Gasteiger partial charge in [-0.15, -0.1) is 0 Å². The van der Waals surface area contributed by atoms with Crippen molar-refractivity contribution in [1.82, 2.24) is 29.7 Å². The maximum Gasteiger partial charge on any atom is 0.182 e. The van der Waals surface area contributed by atoms with Gasteiger partial charge in [-0.2, -0.15) is 5.10 Å². The van der Waals surface area contributed by atoms with Gasteiger partial charge in [0.25, 0.3) is 0 Å². The summed E-state index contributed by atoms with van der Waals surface area (Å²) in [6.45, 7) is 3.94. The molecule has 0 atom stereocenters. The number of aromatic amines is 1. The molecule has 3 heterocycles. The molecule has 0 aliphatic carbocycles. The number of aryl methyl sites for hydroxylation is 2. The first-order valence-corrected chi connectivity index (χ1v) is 4.93. The standard InChI is InChI=1S/C10H10N6/c1-6-3-7(2)16(15-6)10-8-9(12-4-11-8)13-5-14-10/h3-5H,1-2H3,(H,11,12,13,14). The summed E-state index contributed by atoms with van der Waals surface area (Å²) in [5, 5.41) is 4.39. The monoisotopic (exact) mass is 214 g/mol. The Bertz CT molecular complexity index is 650. The van der Waals surface area contributed by atoms with E-state index < -0.39 is 0 Å². The second-order valence-corrected chi connectivity index (χ2v) is 3.64. The summed E-state index contributed by atoms with van der Waals surface area (Å²) in [4.78, 5) is 15.4. The minimum atomic E-state index is 0.651. The Morgan fingerprint density at radius 3 is 2.81 bits per heavy atom. The highest BCUT2D eigenvalue weighted by Crippen LogP contribution is 2.15. The lowest BCUT2D eigenvalue weighted by Crippen LogP contribution is -2.03. The van der Waals surface area contributed by atoms with E-state index in [1.165, 1.54) is 6.33 Å². The van der Waals surface area contributed by atoms with E-state index in [-0.39, 0.29) is 0 Å². The number of hydrogen-bond donors (Lipinski definition) is 1. The predicted molar refractivity (Wildman–Crippen MR) is 58.3 cm³/mol. The van der Waals surface area contributed by atoms with Crippen LogP contribution in [0, 0.1) is 13.8 Å². The molecule has 3 aromatic rings. The summed E-state index contributed by atoms with van der Waals surface area (Å²) in [7, 11) is 0. The molecule has 16 heavy (non-hydrogen) atoms. The molecule has 6 nitrogen and oxygen atoms in total. The fraction of sp³-hybridized carbons (Fsp3) is 0.200. The van der Waals surface area contributed by atoms with Gasteiger partial charge in [0, 0.05) is 5.69 Å². The Hall–Kier alpha value is -2.24. The average Bonchev–Trinajstić information content (AvgIpc) is 2.84. The van der Waals surface area contributed by atoms with Crippen LogP contribution < -0.4 is 0 Å². The van der Waals surface area contributed by atoms with Crippen LogP contribution >= 0.6 is 0 Å². The molecule has 80 valence electrons. The number of nitrogens with one attached hydrogen (secondary N) is 1. The number of H-pyrrole nitrogens is 1. The topological polar surface area (TPSA) is 72.3 Å². The highest BCUT2D eigenvalue weighted by atomic mass is 15.3. The molecule has 3 rings (SSSR count). The molecule has 1 N–H and O–H groups in total. The van der Waals surface area contributed by atoms with Crippen molar-refractivity contribution in [2.45, 2.75) is 13.8 Å². The quantitative estimate of drug-likeness (QED) is 0.659. The minimum absolute atomic E-state index is 0.651. The highest BCUT2D eigenvalue weighted by molar-refractivity contribution is 5.77. The lowest BCUT2D eigenvalue weighted by molar-refractivity contribution is 0.808. The molecule has 0 bridgehead atoms. The van der Waals surface area contributed by atoms with Gasteiger partial charge in [-0.25, -0.2) is 19.6 Å². The normalized spacial score (nSPS) is 11.1. The zero-order chi connectivity index (χ0) is 11.1. The second kappa shape index (κ2) is 3.13. The zero-order valence-electron chi connectivity index (χ0n) is 8.97. The summed E-state index contributed by atoms with van der Waals surface area (Å²) in [6.07, 6.45) is 3.10. The fourth-order valence-electron chi connectivity index (χ4n) is 1.76. The van der Waals surface area contributed by atoms with Crippen LogP contribution in [0.1, 0.15) is 11.4 Å². The van der Waals surface area contributed by atoms with E-state index >= 15 is 0 Å². The van der Waals surface area contributed by atoms with Gasteiger partial charge in [-0.05, 0) is 19.9 Å². The van der Waals surface area contributed by atoms with Crippen molar-refractivity contribution in [3.63, 3.8) is 0 Å². The first-order chi connectivity index (χ1) is 7.75. The number of fused-ring (bicyclic) bond motifs is 1. The maximum atomic E-state index is 4.39. The largest absolute Gasteiger partial charge is 0.340 e. The fourth-order valence-corrected chi connectivity index (χ4v) is 1.76. The third-order valence-corrected chi connectivity index (χ3v) is 2.41. The number of hydrogen-bond acceptors (Lipinski definition) is 4. The van der Waals surface area contributed by atoms with Crippen LogP contribution in [0.2, 0.25) is 0 Å². The van der Waals surface area contributed by atoms with E-state index in [0.717, 1.165) is 22.7 Å². The molecule has 0 spiro atoms. The van der Waals surface area contributed by atoms with Crippen LogP contribution in [-0.4, -0.2) is 29.7 Å². The van der Waals surface area contributed by atoms with E-state index in [1.807, 2.05) is 19.9 Å². The molecule has 0 saturated carbocycles. The molecule has 0 fully saturated rings. The van der Waals surface area contributed by atoms with E-state index in [0.29, 0.717) is 5.65 Å². The van der Waals surface area contributed by atoms with Crippen molar-refractivity contribution in [3.05, 3.63) is 30.1 Å². The third kappa shape index (κ3) is 1.19. The molecule has 0 unspecified atom stereocenters. The van der Waals surface area contributed by atoms with Crippen molar-refractivity contribution in [1.29, 1.82) is 0 Å².